The predicted octanol–water partition coefficient (Wildman–Crippen LogP) is 1.83. The van der Waals surface area contributed by atoms with Crippen molar-refractivity contribution in [3.63, 3.8) is 0 Å². The monoisotopic (exact) mass is 226 g/mol. The molecule has 3 fully saturated rings. The van der Waals surface area contributed by atoms with E-state index in [0.717, 1.165) is 38.5 Å². The van der Waals surface area contributed by atoms with E-state index in [-0.39, 0.29) is 11.9 Å². The lowest BCUT2D eigenvalue weighted by Gasteiger charge is -2.52. The second-order valence-corrected chi connectivity index (χ2v) is 5.36. The highest BCUT2D eigenvalue weighted by Gasteiger charge is 2.56. The maximum Gasteiger partial charge on any atom is 0.223 e. The molecule has 0 bridgehead atoms. The summed E-state index contributed by atoms with van der Waals surface area (Å²) in [7, 11) is 1.66. The van der Waals surface area contributed by atoms with Gasteiger partial charge in [0.25, 0.3) is 0 Å². The van der Waals surface area contributed by atoms with E-state index >= 15 is 0 Å². The molecule has 0 amide bonds. The molecule has 1 aliphatic heterocycles. The molecule has 0 aromatic rings. The van der Waals surface area contributed by atoms with E-state index in [9.17, 15) is 4.79 Å². The number of Topliss-reactive ketones (excluding diaryl/α,β-unsaturated/α-hetero) is 1. The summed E-state index contributed by atoms with van der Waals surface area (Å²) in [5.74, 6) is 1.63. The minimum atomic E-state index is -0.212. The van der Waals surface area contributed by atoms with Gasteiger partial charge in [0.1, 0.15) is 5.78 Å². The molecule has 0 aromatic carbocycles. The number of carbonyl (C=O) groups excluding carboxylic acids is 1. The molecule has 2 aliphatic carbocycles. The molecule has 4 heteroatoms. The number of rotatable bonds is 1. The van der Waals surface area contributed by atoms with E-state index in [2.05, 4.69) is 0 Å². The second kappa shape index (κ2) is 3.79. The Bertz CT molecular complexity index is 301. The number of hydrogen-bond acceptors (Lipinski definition) is 4. The molecule has 2 saturated carbocycles. The lowest BCUT2D eigenvalue weighted by molar-refractivity contribution is -0.564. The van der Waals surface area contributed by atoms with Crippen molar-refractivity contribution >= 4 is 5.78 Å². The van der Waals surface area contributed by atoms with E-state index in [4.69, 9.17) is 14.5 Å². The molecule has 1 spiro atoms. The second-order valence-electron chi connectivity index (χ2n) is 5.36. The van der Waals surface area contributed by atoms with Gasteiger partial charge in [0.15, 0.2) is 5.60 Å². The van der Waals surface area contributed by atoms with Crippen molar-refractivity contribution in [3.05, 3.63) is 0 Å². The Morgan fingerprint density at radius 3 is 2.94 bits per heavy atom. The molecule has 0 N–H and O–H groups in total. The van der Waals surface area contributed by atoms with E-state index in [0.29, 0.717) is 17.6 Å². The highest BCUT2D eigenvalue weighted by molar-refractivity contribution is 5.79. The van der Waals surface area contributed by atoms with Crippen LogP contribution in [0.3, 0.4) is 0 Å². The summed E-state index contributed by atoms with van der Waals surface area (Å²) >= 11 is 0. The standard InChI is InChI=1S/C12H18O4/c1-14-11-12(16-15-11)5-4-8-6-10(13)3-2-9(8)7-12/h8-9,11H,2-7H2,1H3/t8-,9+,11+,12+/m1/s1. The lowest BCUT2D eigenvalue weighted by Crippen LogP contribution is -2.60. The molecule has 16 heavy (non-hydrogen) atoms. The van der Waals surface area contributed by atoms with Gasteiger partial charge >= 0.3 is 0 Å². The number of carbonyl (C=O) groups is 1. The number of hydrogen-bond donors (Lipinski definition) is 0. The smallest absolute Gasteiger partial charge is 0.223 e. The number of methoxy groups -OCH3 is 1. The topological polar surface area (TPSA) is 44.8 Å². The minimum absolute atomic E-state index is 0.203. The van der Waals surface area contributed by atoms with Gasteiger partial charge in [0.05, 0.1) is 0 Å². The zero-order valence-corrected chi connectivity index (χ0v) is 9.61. The van der Waals surface area contributed by atoms with Gasteiger partial charge in [0.2, 0.25) is 6.29 Å². The quantitative estimate of drug-likeness (QED) is 0.640. The molecule has 3 rings (SSSR count). The summed E-state index contributed by atoms with van der Waals surface area (Å²) < 4.78 is 5.27. The van der Waals surface area contributed by atoms with Crippen LogP contribution in [0.1, 0.15) is 38.5 Å². The van der Waals surface area contributed by atoms with Gasteiger partial charge in [-0.1, -0.05) is 0 Å². The third kappa shape index (κ3) is 1.51. The van der Waals surface area contributed by atoms with Crippen LogP contribution in [-0.4, -0.2) is 24.8 Å². The number of ketones is 1. The SMILES string of the molecule is CO[C@H]1OO[C@]12CC[C@@H]1CC(=O)CC[C@H]1C2. The van der Waals surface area contributed by atoms with Crippen molar-refractivity contribution in [2.45, 2.75) is 50.4 Å². The van der Waals surface area contributed by atoms with Crippen LogP contribution in [0.2, 0.25) is 0 Å². The average molecular weight is 226 g/mol. The number of ether oxygens (including phenoxy) is 1. The maximum atomic E-state index is 11.4. The molecule has 4 atom stereocenters. The molecular formula is C12H18O4. The Morgan fingerprint density at radius 2 is 2.25 bits per heavy atom. The van der Waals surface area contributed by atoms with Crippen molar-refractivity contribution in [2.75, 3.05) is 7.11 Å². The van der Waals surface area contributed by atoms with Crippen LogP contribution in [0, 0.1) is 11.8 Å². The molecule has 4 nitrogen and oxygen atoms in total. The molecule has 1 heterocycles. The molecule has 90 valence electrons. The average Bonchev–Trinajstić information content (AvgIpc) is 2.27. The first-order valence-electron chi connectivity index (χ1n) is 6.12. The Balaban J connectivity index is 1.69. The van der Waals surface area contributed by atoms with Gasteiger partial charge in [-0.05, 0) is 37.5 Å². The maximum absolute atomic E-state index is 11.4. The Hall–Kier alpha value is -0.450. The van der Waals surface area contributed by atoms with Gasteiger partial charge in [-0.25, -0.2) is 9.78 Å². The normalized spacial score (nSPS) is 47.6. The van der Waals surface area contributed by atoms with E-state index in [1.165, 1.54) is 0 Å². The van der Waals surface area contributed by atoms with Crippen LogP contribution in [0.5, 0.6) is 0 Å². The Labute approximate surface area is 95.2 Å². The molecule has 0 aromatic heterocycles. The first-order chi connectivity index (χ1) is 7.73. The summed E-state index contributed by atoms with van der Waals surface area (Å²) in [6.07, 6.45) is 5.36. The highest BCUT2D eigenvalue weighted by atomic mass is 17.3. The van der Waals surface area contributed by atoms with Crippen molar-refractivity contribution in [1.29, 1.82) is 0 Å². The fourth-order valence-corrected chi connectivity index (χ4v) is 3.49. The first kappa shape index (κ1) is 10.7. The van der Waals surface area contributed by atoms with E-state index < -0.39 is 0 Å². The highest BCUT2D eigenvalue weighted by Crippen LogP contribution is 2.50. The third-order valence-electron chi connectivity index (χ3n) is 4.44. The van der Waals surface area contributed by atoms with Gasteiger partial charge in [-0.3, -0.25) is 4.79 Å². The Morgan fingerprint density at radius 1 is 1.38 bits per heavy atom. The zero-order chi connectivity index (χ0) is 11.2. The summed E-state index contributed by atoms with van der Waals surface area (Å²) in [4.78, 5) is 21.7. The largest absolute Gasteiger partial charge is 0.351 e. The fraction of sp³-hybridized carbons (Fsp3) is 0.917. The van der Waals surface area contributed by atoms with Crippen LogP contribution < -0.4 is 0 Å². The van der Waals surface area contributed by atoms with E-state index in [1.54, 1.807) is 7.11 Å². The van der Waals surface area contributed by atoms with Crippen molar-refractivity contribution in [2.24, 2.45) is 11.8 Å². The summed E-state index contributed by atoms with van der Waals surface area (Å²) in [6, 6.07) is 0. The van der Waals surface area contributed by atoms with Gasteiger partial charge in [-0.2, -0.15) is 0 Å². The molecule has 1 saturated heterocycles. The third-order valence-corrected chi connectivity index (χ3v) is 4.44. The van der Waals surface area contributed by atoms with Crippen molar-refractivity contribution < 1.29 is 19.3 Å². The molecule has 0 radical (unpaired) electrons. The number of fused-ring (bicyclic) bond motifs is 1. The summed E-state index contributed by atoms with van der Waals surface area (Å²) in [5, 5.41) is 0. The first-order valence-corrected chi connectivity index (χ1v) is 6.12. The zero-order valence-electron chi connectivity index (χ0n) is 9.61. The van der Waals surface area contributed by atoms with Gasteiger partial charge in [0, 0.05) is 20.0 Å². The van der Waals surface area contributed by atoms with Crippen LogP contribution in [0.4, 0.5) is 0 Å². The lowest BCUT2D eigenvalue weighted by atomic mass is 9.65. The van der Waals surface area contributed by atoms with Crippen molar-refractivity contribution in [3.8, 4) is 0 Å². The predicted molar refractivity (Wildman–Crippen MR) is 55.4 cm³/mol. The van der Waals surface area contributed by atoms with Crippen LogP contribution in [0.15, 0.2) is 0 Å². The van der Waals surface area contributed by atoms with Crippen LogP contribution in [0.25, 0.3) is 0 Å². The molecule has 3 aliphatic rings. The van der Waals surface area contributed by atoms with Gasteiger partial charge in [-0.15, -0.1) is 0 Å². The molecule has 0 unspecified atom stereocenters. The van der Waals surface area contributed by atoms with Crippen molar-refractivity contribution in [1.82, 2.24) is 0 Å². The van der Waals surface area contributed by atoms with Crippen LogP contribution in [-0.2, 0) is 19.3 Å². The van der Waals surface area contributed by atoms with Gasteiger partial charge < -0.3 is 4.74 Å². The minimum Gasteiger partial charge on any atom is -0.351 e. The summed E-state index contributed by atoms with van der Waals surface area (Å²) in [5.41, 5.74) is -0.212. The van der Waals surface area contributed by atoms with E-state index in [1.807, 2.05) is 0 Å². The fourth-order valence-electron chi connectivity index (χ4n) is 3.49. The van der Waals surface area contributed by atoms with Crippen LogP contribution >= 0.6 is 0 Å². The summed E-state index contributed by atoms with van der Waals surface area (Å²) in [6.45, 7) is 0. The Kier molecular flexibility index (Phi) is 2.53. The molecular weight excluding hydrogens is 208 g/mol.